The molecule has 120 valence electrons. The van der Waals surface area contributed by atoms with Crippen LogP contribution in [-0.4, -0.2) is 22.5 Å². The van der Waals surface area contributed by atoms with Gasteiger partial charge in [-0.25, -0.2) is 0 Å². The van der Waals surface area contributed by atoms with Crippen molar-refractivity contribution >= 4 is 29.2 Å². The molecule has 1 aromatic rings. The maximum atomic E-state index is 12.0. The third-order valence-corrected chi connectivity index (χ3v) is 4.34. The van der Waals surface area contributed by atoms with Gasteiger partial charge in [-0.15, -0.1) is 0 Å². The van der Waals surface area contributed by atoms with Gasteiger partial charge in [0, 0.05) is 16.0 Å². The lowest BCUT2D eigenvalue weighted by Gasteiger charge is -2.31. The molecule has 23 heavy (non-hydrogen) atoms. The molecule has 1 atom stereocenters. The third-order valence-electron chi connectivity index (χ3n) is 4.01. The number of carbonyl (C=O) groups excluding carboxylic acids is 1. The molecule has 3 rings (SSSR count). The van der Waals surface area contributed by atoms with Crippen LogP contribution in [-0.2, 0) is 9.53 Å². The van der Waals surface area contributed by atoms with Crippen LogP contribution in [0.1, 0.15) is 20.3 Å². The molecule has 7 heteroatoms. The number of hydrogen-bond donors (Lipinski definition) is 2. The number of halogens is 1. The SMILES string of the molecule is CCOC(=O)CC1(C)C=CC(Cl)=C2C=c3[nH]c(=O)c(=O)[nH]c3=C21. The molecular formula is C16H15ClN2O4. The number of H-pyrrole nitrogens is 2. The second-order valence-electron chi connectivity index (χ2n) is 5.71. The molecule has 1 heterocycles. The number of hydrogen-bond acceptors (Lipinski definition) is 4. The van der Waals surface area contributed by atoms with Crippen molar-refractivity contribution in [3.63, 3.8) is 0 Å². The first-order chi connectivity index (χ1) is 10.9. The molecule has 2 aliphatic carbocycles. The molecular weight excluding hydrogens is 320 g/mol. The second-order valence-corrected chi connectivity index (χ2v) is 6.12. The summed E-state index contributed by atoms with van der Waals surface area (Å²) < 4.78 is 5.04. The first-order valence-corrected chi connectivity index (χ1v) is 7.57. The minimum atomic E-state index is -0.741. The van der Waals surface area contributed by atoms with Crippen LogP contribution in [0.4, 0.5) is 0 Å². The van der Waals surface area contributed by atoms with Crippen LogP contribution in [0.25, 0.3) is 11.6 Å². The van der Waals surface area contributed by atoms with Crippen LogP contribution in [0.15, 0.2) is 32.3 Å². The van der Waals surface area contributed by atoms with E-state index >= 15 is 0 Å². The average Bonchev–Trinajstić information content (AvgIpc) is 2.84. The number of aromatic amines is 2. The lowest BCUT2D eigenvalue weighted by molar-refractivity contribution is -0.144. The Morgan fingerprint density at radius 2 is 2.00 bits per heavy atom. The summed E-state index contributed by atoms with van der Waals surface area (Å²) in [6, 6.07) is 0. The normalized spacial score (nSPS) is 21.8. The first-order valence-electron chi connectivity index (χ1n) is 7.20. The van der Waals surface area contributed by atoms with Crippen molar-refractivity contribution in [2.45, 2.75) is 20.3 Å². The molecule has 1 aromatic heterocycles. The standard InChI is InChI=1S/C16H15ClN2O4/c1-3-23-11(20)7-16(2)5-4-9(17)8-6-10-13(12(8)16)19-15(22)14(21)18-10/h4-6H,3,7H2,1-2H3,(H,18,21)(H,19,22). The third kappa shape index (κ3) is 2.49. The highest BCUT2D eigenvalue weighted by Gasteiger charge is 2.37. The highest BCUT2D eigenvalue weighted by Crippen LogP contribution is 2.44. The van der Waals surface area contributed by atoms with E-state index in [1.165, 1.54) is 0 Å². The molecule has 0 amide bonds. The minimum Gasteiger partial charge on any atom is -0.466 e. The van der Waals surface area contributed by atoms with E-state index in [1.54, 1.807) is 19.1 Å². The summed E-state index contributed by atoms with van der Waals surface area (Å²) in [7, 11) is 0. The lowest BCUT2D eigenvalue weighted by Crippen LogP contribution is -2.47. The summed E-state index contributed by atoms with van der Waals surface area (Å²) in [5.74, 6) is -0.343. The predicted octanol–water partition coefficient (Wildman–Crippen LogP) is 0.0302. The number of aromatic nitrogens is 2. The second kappa shape index (κ2) is 5.38. The van der Waals surface area contributed by atoms with Crippen molar-refractivity contribution in [1.29, 1.82) is 0 Å². The van der Waals surface area contributed by atoms with Gasteiger partial charge in [0.1, 0.15) is 0 Å². The topological polar surface area (TPSA) is 92.0 Å². The van der Waals surface area contributed by atoms with Gasteiger partial charge < -0.3 is 14.7 Å². The molecule has 0 aliphatic heterocycles. The van der Waals surface area contributed by atoms with E-state index in [0.717, 1.165) is 0 Å². The minimum absolute atomic E-state index is 0.106. The highest BCUT2D eigenvalue weighted by molar-refractivity contribution is 6.33. The fraction of sp³-hybridized carbons (Fsp3) is 0.312. The molecule has 1 unspecified atom stereocenters. The van der Waals surface area contributed by atoms with Gasteiger partial charge >= 0.3 is 17.1 Å². The van der Waals surface area contributed by atoms with Gasteiger partial charge in [0.15, 0.2) is 0 Å². The molecule has 0 fully saturated rings. The van der Waals surface area contributed by atoms with Gasteiger partial charge in [-0.2, -0.15) is 0 Å². The predicted molar refractivity (Wildman–Crippen MR) is 86.2 cm³/mol. The zero-order valence-corrected chi connectivity index (χ0v) is 13.4. The van der Waals surface area contributed by atoms with Crippen molar-refractivity contribution in [3.05, 3.63) is 54.2 Å². The Balaban J connectivity index is 2.27. The van der Waals surface area contributed by atoms with Crippen molar-refractivity contribution in [1.82, 2.24) is 9.97 Å². The summed E-state index contributed by atoms with van der Waals surface area (Å²) in [6.07, 6.45) is 5.35. The number of nitrogens with one attached hydrogen (secondary N) is 2. The Morgan fingerprint density at radius 1 is 1.30 bits per heavy atom. The number of ether oxygens (including phenoxy) is 1. The number of carbonyl (C=O) groups is 1. The van der Waals surface area contributed by atoms with Gasteiger partial charge in [0.25, 0.3) is 0 Å². The number of allylic oxidation sites excluding steroid dienone is 4. The average molecular weight is 335 g/mol. The Hall–Kier alpha value is -2.34. The van der Waals surface area contributed by atoms with Gasteiger partial charge in [0.05, 0.1) is 23.7 Å². The molecule has 0 saturated heterocycles. The van der Waals surface area contributed by atoms with E-state index in [0.29, 0.717) is 33.5 Å². The largest absolute Gasteiger partial charge is 0.466 e. The lowest BCUT2D eigenvalue weighted by atomic mass is 9.74. The smallest absolute Gasteiger partial charge is 0.314 e. The van der Waals surface area contributed by atoms with Gasteiger partial charge in [0.2, 0.25) is 0 Å². The van der Waals surface area contributed by atoms with E-state index < -0.39 is 16.5 Å². The van der Waals surface area contributed by atoms with Crippen molar-refractivity contribution < 1.29 is 9.53 Å². The maximum absolute atomic E-state index is 12.0. The van der Waals surface area contributed by atoms with Crippen molar-refractivity contribution in [2.24, 2.45) is 5.41 Å². The molecule has 0 bridgehead atoms. The Labute approximate surface area is 135 Å². The van der Waals surface area contributed by atoms with E-state index in [4.69, 9.17) is 16.3 Å². The summed E-state index contributed by atoms with van der Waals surface area (Å²) in [6.45, 7) is 3.91. The molecule has 2 aliphatic rings. The van der Waals surface area contributed by atoms with Crippen LogP contribution in [0.5, 0.6) is 0 Å². The van der Waals surface area contributed by atoms with Crippen molar-refractivity contribution in [2.75, 3.05) is 6.61 Å². The van der Waals surface area contributed by atoms with E-state index in [9.17, 15) is 14.4 Å². The van der Waals surface area contributed by atoms with E-state index in [-0.39, 0.29) is 12.4 Å². The van der Waals surface area contributed by atoms with E-state index in [1.807, 2.05) is 13.0 Å². The summed E-state index contributed by atoms with van der Waals surface area (Å²) in [4.78, 5) is 40.3. The number of fused-ring (bicyclic) bond motifs is 2. The van der Waals surface area contributed by atoms with Gasteiger partial charge in [-0.3, -0.25) is 14.4 Å². The molecule has 0 radical (unpaired) electrons. The summed E-state index contributed by atoms with van der Waals surface area (Å²) >= 11 is 6.25. The Bertz CT molecular complexity index is 996. The highest BCUT2D eigenvalue weighted by atomic mass is 35.5. The number of esters is 1. The number of rotatable bonds is 3. The van der Waals surface area contributed by atoms with E-state index in [2.05, 4.69) is 9.97 Å². The Kier molecular flexibility index (Phi) is 3.64. The van der Waals surface area contributed by atoms with Crippen LogP contribution in [0, 0.1) is 5.41 Å². The monoisotopic (exact) mass is 334 g/mol. The first kappa shape index (κ1) is 15.6. The van der Waals surface area contributed by atoms with Crippen LogP contribution < -0.4 is 21.8 Å². The molecule has 0 saturated carbocycles. The van der Waals surface area contributed by atoms with Crippen LogP contribution in [0.2, 0.25) is 0 Å². The van der Waals surface area contributed by atoms with Gasteiger partial charge in [-0.1, -0.05) is 24.6 Å². The zero-order valence-electron chi connectivity index (χ0n) is 12.7. The fourth-order valence-electron chi connectivity index (χ4n) is 3.01. The fourth-order valence-corrected chi connectivity index (χ4v) is 3.22. The maximum Gasteiger partial charge on any atom is 0.314 e. The molecule has 6 nitrogen and oxygen atoms in total. The van der Waals surface area contributed by atoms with Crippen LogP contribution in [0.3, 0.4) is 0 Å². The Morgan fingerprint density at radius 3 is 2.70 bits per heavy atom. The summed E-state index contributed by atoms with van der Waals surface area (Å²) in [5, 5.41) is 1.45. The molecule has 0 spiro atoms. The van der Waals surface area contributed by atoms with Gasteiger partial charge in [-0.05, 0) is 24.6 Å². The quantitative estimate of drug-likeness (QED) is 0.602. The van der Waals surface area contributed by atoms with Crippen LogP contribution >= 0.6 is 11.6 Å². The molecule has 2 N–H and O–H groups in total. The zero-order chi connectivity index (χ0) is 16.8. The molecule has 0 aromatic carbocycles. The van der Waals surface area contributed by atoms with Crippen molar-refractivity contribution in [3.8, 4) is 0 Å². The summed E-state index contributed by atoms with van der Waals surface area (Å²) in [5.41, 5.74) is -0.760.